The van der Waals surface area contributed by atoms with Crippen molar-refractivity contribution >= 4 is 23.4 Å². The van der Waals surface area contributed by atoms with Crippen molar-refractivity contribution in [1.82, 2.24) is 9.88 Å². The van der Waals surface area contributed by atoms with E-state index >= 15 is 0 Å². The third-order valence-electron chi connectivity index (χ3n) is 6.03. The van der Waals surface area contributed by atoms with Crippen LogP contribution in [0.2, 0.25) is 5.02 Å². The van der Waals surface area contributed by atoms with Gasteiger partial charge in [0.15, 0.2) is 0 Å². The first-order chi connectivity index (χ1) is 17.4. The van der Waals surface area contributed by atoms with E-state index in [1.165, 1.54) is 11.6 Å². The molecule has 36 heavy (non-hydrogen) atoms. The number of hydrogen-bond acceptors (Lipinski definition) is 6. The summed E-state index contributed by atoms with van der Waals surface area (Å²) >= 11 is 6.06. The molecule has 3 aromatic rings. The molecule has 2 aromatic carbocycles. The van der Waals surface area contributed by atoms with Crippen molar-refractivity contribution in [3.8, 4) is 0 Å². The second kappa shape index (κ2) is 12.3. The highest BCUT2D eigenvalue weighted by molar-refractivity contribution is 6.31. The standard InChI is InChI=1S/C28H31ClFN3O3/c1-20(2)36-28(34)23-5-4-12-31-27(23)33-15-13-32(14-16-33)17-21-8-10-22(11-9-21)18-35-19-24-25(29)6-3-7-26(24)30/h3-12,20H,13-19H2,1-2H3. The molecule has 0 aliphatic carbocycles. The molecular formula is C28H31ClFN3O3. The monoisotopic (exact) mass is 511 g/mol. The van der Waals surface area contributed by atoms with E-state index in [0.717, 1.165) is 38.3 Å². The smallest absolute Gasteiger partial charge is 0.342 e. The summed E-state index contributed by atoms with van der Waals surface area (Å²) in [5.74, 6) is -0.00636. The van der Waals surface area contributed by atoms with Gasteiger partial charge in [-0.2, -0.15) is 0 Å². The van der Waals surface area contributed by atoms with Gasteiger partial charge in [0.25, 0.3) is 0 Å². The van der Waals surface area contributed by atoms with Crippen LogP contribution < -0.4 is 4.90 Å². The Morgan fingerprint density at radius 3 is 2.42 bits per heavy atom. The van der Waals surface area contributed by atoms with E-state index in [1.54, 1.807) is 30.5 Å². The van der Waals surface area contributed by atoms with Crippen LogP contribution >= 0.6 is 11.6 Å². The lowest BCUT2D eigenvalue weighted by Crippen LogP contribution is -2.46. The first kappa shape index (κ1) is 26.1. The van der Waals surface area contributed by atoms with E-state index in [4.69, 9.17) is 21.1 Å². The zero-order chi connectivity index (χ0) is 25.5. The number of carbonyl (C=O) groups is 1. The largest absolute Gasteiger partial charge is 0.459 e. The quantitative estimate of drug-likeness (QED) is 0.355. The molecule has 190 valence electrons. The fraction of sp³-hybridized carbons (Fsp3) is 0.357. The molecule has 1 aromatic heterocycles. The molecule has 0 saturated carbocycles. The molecule has 1 saturated heterocycles. The van der Waals surface area contributed by atoms with Gasteiger partial charge in [0.2, 0.25) is 0 Å². The van der Waals surface area contributed by atoms with Crippen molar-refractivity contribution in [3.63, 3.8) is 0 Å². The normalized spacial score (nSPS) is 14.3. The van der Waals surface area contributed by atoms with Crippen LogP contribution in [-0.2, 0) is 29.2 Å². The Hall–Kier alpha value is -3.00. The van der Waals surface area contributed by atoms with Crippen LogP contribution in [0.15, 0.2) is 60.8 Å². The van der Waals surface area contributed by atoms with Gasteiger partial charge in [0.05, 0.1) is 19.3 Å². The molecule has 4 rings (SSSR count). The second-order valence-corrected chi connectivity index (χ2v) is 9.51. The number of carbonyl (C=O) groups excluding carboxylic acids is 1. The number of halogens is 2. The molecule has 0 unspecified atom stereocenters. The average Bonchev–Trinajstić information content (AvgIpc) is 2.87. The molecule has 6 nitrogen and oxygen atoms in total. The Balaban J connectivity index is 1.26. The van der Waals surface area contributed by atoms with Crippen molar-refractivity contribution in [2.75, 3.05) is 31.1 Å². The number of benzene rings is 2. The number of piperazine rings is 1. The molecule has 0 N–H and O–H groups in total. The fourth-order valence-electron chi connectivity index (χ4n) is 4.14. The minimum atomic E-state index is -0.354. The van der Waals surface area contributed by atoms with Crippen LogP contribution in [0.25, 0.3) is 0 Å². The molecule has 0 radical (unpaired) electrons. The third kappa shape index (κ3) is 6.81. The number of aromatic nitrogens is 1. The molecule has 1 fully saturated rings. The zero-order valence-electron chi connectivity index (χ0n) is 20.6. The Labute approximate surface area is 216 Å². The molecule has 2 heterocycles. The van der Waals surface area contributed by atoms with Crippen molar-refractivity contribution in [3.05, 3.63) is 93.9 Å². The zero-order valence-corrected chi connectivity index (χ0v) is 21.4. The highest BCUT2D eigenvalue weighted by Crippen LogP contribution is 2.22. The number of anilines is 1. The fourth-order valence-corrected chi connectivity index (χ4v) is 4.36. The number of pyridine rings is 1. The van der Waals surface area contributed by atoms with Gasteiger partial charge in [-0.15, -0.1) is 0 Å². The maximum atomic E-state index is 13.9. The summed E-state index contributed by atoms with van der Waals surface area (Å²) in [6, 6.07) is 16.4. The second-order valence-electron chi connectivity index (χ2n) is 9.10. The van der Waals surface area contributed by atoms with Gasteiger partial charge in [-0.25, -0.2) is 14.2 Å². The average molecular weight is 512 g/mol. The first-order valence-corrected chi connectivity index (χ1v) is 12.5. The molecule has 1 aliphatic rings. The molecule has 0 bridgehead atoms. The third-order valence-corrected chi connectivity index (χ3v) is 6.38. The lowest BCUT2D eigenvalue weighted by molar-refractivity contribution is 0.0378. The van der Waals surface area contributed by atoms with Crippen LogP contribution in [0.3, 0.4) is 0 Å². The maximum Gasteiger partial charge on any atom is 0.342 e. The lowest BCUT2D eigenvalue weighted by atomic mass is 10.1. The van der Waals surface area contributed by atoms with Gasteiger partial charge in [-0.05, 0) is 49.2 Å². The first-order valence-electron chi connectivity index (χ1n) is 12.1. The van der Waals surface area contributed by atoms with Crippen molar-refractivity contribution in [2.24, 2.45) is 0 Å². The van der Waals surface area contributed by atoms with E-state index in [0.29, 0.717) is 28.6 Å². The summed E-state index contributed by atoms with van der Waals surface area (Å²) in [5.41, 5.74) is 3.12. The van der Waals surface area contributed by atoms with Crippen LogP contribution in [0.1, 0.15) is 40.9 Å². The van der Waals surface area contributed by atoms with Gasteiger partial charge in [-0.3, -0.25) is 4.90 Å². The summed E-state index contributed by atoms with van der Waals surface area (Å²) in [5, 5.41) is 0.375. The summed E-state index contributed by atoms with van der Waals surface area (Å²) in [6.07, 6.45) is 1.54. The molecule has 0 atom stereocenters. The number of rotatable bonds is 9. The lowest BCUT2D eigenvalue weighted by Gasteiger charge is -2.36. The van der Waals surface area contributed by atoms with Crippen LogP contribution in [0, 0.1) is 5.82 Å². The van der Waals surface area contributed by atoms with E-state index in [1.807, 2.05) is 26.0 Å². The molecule has 8 heteroatoms. The van der Waals surface area contributed by atoms with Gasteiger partial charge >= 0.3 is 5.97 Å². The van der Waals surface area contributed by atoms with E-state index < -0.39 is 0 Å². The van der Waals surface area contributed by atoms with Crippen molar-refractivity contribution in [1.29, 1.82) is 0 Å². The summed E-state index contributed by atoms with van der Waals surface area (Å²) in [4.78, 5) is 21.5. The van der Waals surface area contributed by atoms with Gasteiger partial charge in [0.1, 0.15) is 17.2 Å². The predicted molar refractivity (Wildman–Crippen MR) is 139 cm³/mol. The van der Waals surface area contributed by atoms with E-state index in [2.05, 4.69) is 26.9 Å². The molecule has 0 spiro atoms. The van der Waals surface area contributed by atoms with Gasteiger partial charge in [-0.1, -0.05) is 41.9 Å². The maximum absolute atomic E-state index is 13.9. The van der Waals surface area contributed by atoms with Crippen LogP contribution in [-0.4, -0.2) is 48.1 Å². The van der Waals surface area contributed by atoms with E-state index in [-0.39, 0.29) is 24.5 Å². The Kier molecular flexibility index (Phi) is 8.91. The summed E-state index contributed by atoms with van der Waals surface area (Å²) in [7, 11) is 0. The minimum absolute atomic E-state index is 0.130. The highest BCUT2D eigenvalue weighted by Gasteiger charge is 2.23. The number of esters is 1. The Morgan fingerprint density at radius 1 is 1.00 bits per heavy atom. The SMILES string of the molecule is CC(C)OC(=O)c1cccnc1N1CCN(Cc2ccc(COCc3c(F)cccc3Cl)cc2)CC1. The number of ether oxygens (including phenoxy) is 2. The number of nitrogens with zero attached hydrogens (tertiary/aromatic N) is 3. The highest BCUT2D eigenvalue weighted by atomic mass is 35.5. The predicted octanol–water partition coefficient (Wildman–Crippen LogP) is 5.48. The van der Waals surface area contributed by atoms with Gasteiger partial charge in [0, 0.05) is 49.5 Å². The summed E-state index contributed by atoms with van der Waals surface area (Å²) in [6.45, 7) is 8.33. The molecule has 0 amide bonds. The Morgan fingerprint density at radius 2 is 1.72 bits per heavy atom. The van der Waals surface area contributed by atoms with Crippen LogP contribution in [0.5, 0.6) is 0 Å². The van der Waals surface area contributed by atoms with E-state index in [9.17, 15) is 9.18 Å². The Bertz CT molecular complexity index is 1140. The van der Waals surface area contributed by atoms with Crippen LogP contribution in [0.4, 0.5) is 10.2 Å². The molecular weight excluding hydrogens is 481 g/mol. The summed E-state index contributed by atoms with van der Waals surface area (Å²) < 4.78 is 24.9. The minimum Gasteiger partial charge on any atom is -0.459 e. The van der Waals surface area contributed by atoms with Gasteiger partial charge < -0.3 is 14.4 Å². The topological polar surface area (TPSA) is 54.9 Å². The van der Waals surface area contributed by atoms with Crippen molar-refractivity contribution in [2.45, 2.75) is 39.7 Å². The molecule has 1 aliphatic heterocycles. The number of hydrogen-bond donors (Lipinski definition) is 0. The van der Waals surface area contributed by atoms with Crippen molar-refractivity contribution < 1.29 is 18.7 Å².